The Morgan fingerprint density at radius 3 is 2.11 bits per heavy atom. The van der Waals surface area contributed by atoms with Gasteiger partial charge in [0.2, 0.25) is 0 Å². The first kappa shape index (κ1) is 7.00. The van der Waals surface area contributed by atoms with Gasteiger partial charge in [0.1, 0.15) is 5.67 Å². The Hall–Kier alpha value is -0.110. The van der Waals surface area contributed by atoms with E-state index in [0.29, 0.717) is 12.8 Å². The Morgan fingerprint density at radius 1 is 1.56 bits per heavy atom. The molecule has 0 heterocycles. The smallest absolute Gasteiger partial charge is 0.111 e. The minimum Gasteiger partial charge on any atom is -0.325 e. The molecule has 0 radical (unpaired) electrons. The first-order valence-electron chi connectivity index (χ1n) is 3.45. The van der Waals surface area contributed by atoms with Crippen molar-refractivity contribution in [3.8, 4) is 0 Å². The topological polar surface area (TPSA) is 26.0 Å². The van der Waals surface area contributed by atoms with E-state index in [1.54, 1.807) is 6.92 Å². The van der Waals surface area contributed by atoms with Crippen molar-refractivity contribution in [1.29, 1.82) is 0 Å². The predicted octanol–water partition coefficient (Wildman–Crippen LogP) is 1.62. The minimum atomic E-state index is -0.968. The fraction of sp³-hybridized carbons (Fsp3) is 1.00. The third-order valence-electron chi connectivity index (χ3n) is 2.15. The second-order valence-electron chi connectivity index (χ2n) is 3.48. The van der Waals surface area contributed by atoms with Crippen LogP contribution in [0, 0.1) is 0 Å². The van der Waals surface area contributed by atoms with E-state index in [1.807, 2.05) is 6.92 Å². The van der Waals surface area contributed by atoms with Crippen molar-refractivity contribution in [2.45, 2.75) is 44.3 Å². The molecule has 2 heteroatoms. The van der Waals surface area contributed by atoms with Crippen LogP contribution in [0.15, 0.2) is 0 Å². The van der Waals surface area contributed by atoms with Crippen molar-refractivity contribution in [2.75, 3.05) is 0 Å². The van der Waals surface area contributed by atoms with E-state index in [2.05, 4.69) is 0 Å². The molecular weight excluding hydrogens is 117 g/mol. The van der Waals surface area contributed by atoms with Crippen molar-refractivity contribution in [3.05, 3.63) is 0 Å². The predicted molar refractivity (Wildman–Crippen MR) is 36.0 cm³/mol. The van der Waals surface area contributed by atoms with E-state index in [1.165, 1.54) is 0 Å². The third kappa shape index (κ3) is 1.23. The first-order chi connectivity index (χ1) is 3.97. The molecule has 2 N–H and O–H groups in total. The van der Waals surface area contributed by atoms with Crippen LogP contribution in [0.4, 0.5) is 4.39 Å². The van der Waals surface area contributed by atoms with Gasteiger partial charge in [0, 0.05) is 5.54 Å². The Bertz CT molecular complexity index is 112. The molecule has 0 spiro atoms. The highest BCUT2D eigenvalue weighted by atomic mass is 19.1. The van der Waals surface area contributed by atoms with E-state index in [9.17, 15) is 4.39 Å². The Labute approximate surface area is 55.4 Å². The SMILES string of the molecule is CCC1(N)CC(C)(F)C1. The molecule has 0 aromatic carbocycles. The zero-order chi connectivity index (χ0) is 7.12. The highest BCUT2D eigenvalue weighted by Crippen LogP contribution is 2.43. The quantitative estimate of drug-likeness (QED) is 0.575. The summed E-state index contributed by atoms with van der Waals surface area (Å²) in [6, 6.07) is 0. The van der Waals surface area contributed by atoms with Crippen LogP contribution in [0.25, 0.3) is 0 Å². The monoisotopic (exact) mass is 131 g/mol. The number of nitrogens with two attached hydrogens (primary N) is 1. The maximum Gasteiger partial charge on any atom is 0.111 e. The van der Waals surface area contributed by atoms with Crippen LogP contribution in [0.1, 0.15) is 33.1 Å². The van der Waals surface area contributed by atoms with Crippen LogP contribution in [0.2, 0.25) is 0 Å². The fourth-order valence-electron chi connectivity index (χ4n) is 1.67. The number of hydrogen-bond acceptors (Lipinski definition) is 1. The molecule has 1 rings (SSSR count). The molecule has 0 amide bonds. The minimum absolute atomic E-state index is 0.177. The molecule has 1 nitrogen and oxygen atoms in total. The Balaban J connectivity index is 2.41. The lowest BCUT2D eigenvalue weighted by Gasteiger charge is -2.47. The average molecular weight is 131 g/mol. The highest BCUT2D eigenvalue weighted by molar-refractivity contribution is 5.05. The summed E-state index contributed by atoms with van der Waals surface area (Å²) in [5.41, 5.74) is 4.59. The van der Waals surface area contributed by atoms with Crippen molar-refractivity contribution in [1.82, 2.24) is 0 Å². The summed E-state index contributed by atoms with van der Waals surface area (Å²) >= 11 is 0. The van der Waals surface area contributed by atoms with Gasteiger partial charge in [-0.15, -0.1) is 0 Å². The maximum absolute atomic E-state index is 12.8. The molecular formula is C7H14FN. The van der Waals surface area contributed by atoms with Crippen LogP contribution in [0.3, 0.4) is 0 Å². The lowest BCUT2D eigenvalue weighted by molar-refractivity contribution is 0.00203. The zero-order valence-electron chi connectivity index (χ0n) is 6.08. The average Bonchev–Trinajstić information content (AvgIpc) is 1.61. The van der Waals surface area contributed by atoms with E-state index in [4.69, 9.17) is 5.73 Å². The number of alkyl halides is 1. The van der Waals surface area contributed by atoms with Gasteiger partial charge in [-0.3, -0.25) is 0 Å². The molecule has 54 valence electrons. The van der Waals surface area contributed by atoms with Gasteiger partial charge in [0.15, 0.2) is 0 Å². The normalized spacial score (nSPS) is 50.7. The standard InChI is InChI=1S/C7H14FN/c1-3-7(9)4-6(2,8)5-7/h3-5,9H2,1-2H3. The Kier molecular flexibility index (Phi) is 1.31. The molecule has 0 bridgehead atoms. The highest BCUT2D eigenvalue weighted by Gasteiger charge is 2.48. The van der Waals surface area contributed by atoms with Crippen LogP contribution in [0.5, 0.6) is 0 Å². The summed E-state index contributed by atoms with van der Waals surface area (Å²) in [4.78, 5) is 0. The second kappa shape index (κ2) is 1.69. The van der Waals surface area contributed by atoms with Crippen LogP contribution in [-0.2, 0) is 0 Å². The molecule has 1 aliphatic carbocycles. The largest absolute Gasteiger partial charge is 0.325 e. The van der Waals surface area contributed by atoms with E-state index in [0.717, 1.165) is 6.42 Å². The van der Waals surface area contributed by atoms with Gasteiger partial charge in [-0.25, -0.2) is 4.39 Å². The summed E-state index contributed by atoms with van der Waals surface area (Å²) in [6.07, 6.45) is 1.97. The third-order valence-corrected chi connectivity index (χ3v) is 2.15. The maximum atomic E-state index is 12.8. The van der Waals surface area contributed by atoms with Gasteiger partial charge in [0.25, 0.3) is 0 Å². The van der Waals surface area contributed by atoms with Gasteiger partial charge in [0.05, 0.1) is 0 Å². The molecule has 0 unspecified atom stereocenters. The fourth-order valence-corrected chi connectivity index (χ4v) is 1.67. The second-order valence-corrected chi connectivity index (χ2v) is 3.48. The van der Waals surface area contributed by atoms with Gasteiger partial charge in [-0.2, -0.15) is 0 Å². The Morgan fingerprint density at radius 2 is 2.00 bits per heavy atom. The zero-order valence-corrected chi connectivity index (χ0v) is 6.08. The molecule has 0 aliphatic heterocycles. The molecule has 0 atom stereocenters. The lowest BCUT2D eigenvalue weighted by Crippen LogP contribution is -2.58. The van der Waals surface area contributed by atoms with Crippen LogP contribution in [-0.4, -0.2) is 11.2 Å². The van der Waals surface area contributed by atoms with E-state index < -0.39 is 5.67 Å². The van der Waals surface area contributed by atoms with Crippen LogP contribution < -0.4 is 5.73 Å². The van der Waals surface area contributed by atoms with Crippen molar-refractivity contribution >= 4 is 0 Å². The summed E-state index contributed by atoms with van der Waals surface area (Å²) in [5.74, 6) is 0. The lowest BCUT2D eigenvalue weighted by atomic mass is 9.66. The summed E-state index contributed by atoms with van der Waals surface area (Å²) in [5, 5.41) is 0. The first-order valence-corrected chi connectivity index (χ1v) is 3.45. The van der Waals surface area contributed by atoms with Gasteiger partial charge < -0.3 is 5.73 Å². The van der Waals surface area contributed by atoms with Gasteiger partial charge in [-0.1, -0.05) is 6.92 Å². The van der Waals surface area contributed by atoms with Crippen molar-refractivity contribution < 1.29 is 4.39 Å². The number of hydrogen-bond donors (Lipinski definition) is 1. The van der Waals surface area contributed by atoms with Gasteiger partial charge >= 0.3 is 0 Å². The molecule has 9 heavy (non-hydrogen) atoms. The van der Waals surface area contributed by atoms with Crippen LogP contribution >= 0.6 is 0 Å². The summed E-state index contributed by atoms with van der Waals surface area (Å²) in [7, 11) is 0. The molecule has 0 saturated heterocycles. The molecule has 0 aromatic heterocycles. The number of rotatable bonds is 1. The molecule has 1 aliphatic rings. The molecule has 1 saturated carbocycles. The molecule has 0 aromatic rings. The van der Waals surface area contributed by atoms with Crippen molar-refractivity contribution in [2.24, 2.45) is 5.73 Å². The number of halogens is 1. The van der Waals surface area contributed by atoms with Gasteiger partial charge in [-0.05, 0) is 26.2 Å². The van der Waals surface area contributed by atoms with Crippen molar-refractivity contribution in [3.63, 3.8) is 0 Å². The van der Waals surface area contributed by atoms with E-state index in [-0.39, 0.29) is 5.54 Å². The van der Waals surface area contributed by atoms with E-state index >= 15 is 0 Å². The summed E-state index contributed by atoms with van der Waals surface area (Å²) < 4.78 is 12.8. The molecule has 1 fully saturated rings. The summed E-state index contributed by atoms with van der Waals surface area (Å²) in [6.45, 7) is 3.63.